The molecule has 1 aliphatic heterocycles. The predicted molar refractivity (Wildman–Crippen MR) is 109 cm³/mol. The largest absolute Gasteiger partial charge is 0.378 e. The lowest BCUT2D eigenvalue weighted by Gasteiger charge is -2.35. The molecule has 2 aromatic carbocycles. The summed E-state index contributed by atoms with van der Waals surface area (Å²) in [5.41, 5.74) is 1.84. The van der Waals surface area contributed by atoms with Crippen LogP contribution in [0.2, 0.25) is 5.02 Å². The second kappa shape index (κ2) is 7.93. The van der Waals surface area contributed by atoms with Crippen LogP contribution in [-0.4, -0.2) is 48.6 Å². The van der Waals surface area contributed by atoms with Crippen molar-refractivity contribution in [3.63, 3.8) is 0 Å². The number of ketones is 3. The highest BCUT2D eigenvalue weighted by Crippen LogP contribution is 2.38. The molecule has 5 nitrogen and oxygen atoms in total. The molecule has 0 bridgehead atoms. The monoisotopic (exact) mass is 409 g/mol. The molecule has 1 aliphatic carbocycles. The number of hydrogen-bond donors (Lipinski definition) is 0. The second-order valence-electron chi connectivity index (χ2n) is 7.16. The van der Waals surface area contributed by atoms with E-state index in [0.717, 1.165) is 0 Å². The van der Waals surface area contributed by atoms with Gasteiger partial charge in [-0.05, 0) is 24.6 Å². The molecule has 2 aromatic rings. The summed E-state index contributed by atoms with van der Waals surface area (Å²) in [7, 11) is 0. The Kier molecular flexibility index (Phi) is 5.35. The van der Waals surface area contributed by atoms with Crippen LogP contribution in [0.5, 0.6) is 0 Å². The Labute approximate surface area is 173 Å². The molecule has 0 spiro atoms. The fourth-order valence-electron chi connectivity index (χ4n) is 4.04. The van der Waals surface area contributed by atoms with E-state index < -0.39 is 5.92 Å². The molecule has 1 heterocycles. The number of rotatable bonds is 4. The van der Waals surface area contributed by atoms with E-state index >= 15 is 0 Å². The average molecular weight is 410 g/mol. The fraction of sp³-hybridized carbons (Fsp3) is 0.261. The zero-order chi connectivity index (χ0) is 20.5. The van der Waals surface area contributed by atoms with E-state index in [2.05, 4.69) is 0 Å². The van der Waals surface area contributed by atoms with Crippen molar-refractivity contribution >= 4 is 29.0 Å². The topological polar surface area (TPSA) is 63.7 Å². The van der Waals surface area contributed by atoms with E-state index in [-0.39, 0.29) is 22.9 Å². The molecule has 4 rings (SSSR count). The minimum atomic E-state index is -0.864. The van der Waals surface area contributed by atoms with E-state index in [1.807, 2.05) is 4.90 Å². The highest BCUT2D eigenvalue weighted by Gasteiger charge is 2.40. The molecule has 0 amide bonds. The van der Waals surface area contributed by atoms with Gasteiger partial charge in [0.15, 0.2) is 5.78 Å². The molecule has 29 heavy (non-hydrogen) atoms. The van der Waals surface area contributed by atoms with Crippen LogP contribution in [-0.2, 0) is 9.53 Å². The quantitative estimate of drug-likeness (QED) is 0.770. The normalized spacial score (nSPS) is 17.9. The Morgan fingerprint density at radius 1 is 1.00 bits per heavy atom. The first kappa shape index (κ1) is 19.6. The van der Waals surface area contributed by atoms with Crippen LogP contribution in [0.3, 0.4) is 0 Å². The van der Waals surface area contributed by atoms with Gasteiger partial charge in [-0.25, -0.2) is 0 Å². The van der Waals surface area contributed by atoms with E-state index in [9.17, 15) is 14.4 Å². The summed E-state index contributed by atoms with van der Waals surface area (Å²) in [5, 5.41) is 0.470. The molecule has 2 aliphatic rings. The van der Waals surface area contributed by atoms with Crippen LogP contribution >= 0.6 is 11.6 Å². The molecular formula is C23H20ClNO4. The third kappa shape index (κ3) is 3.52. The minimum Gasteiger partial charge on any atom is -0.378 e. The summed E-state index contributed by atoms with van der Waals surface area (Å²) >= 11 is 6.16. The minimum absolute atomic E-state index is 0.214. The summed E-state index contributed by atoms with van der Waals surface area (Å²) in [5.74, 6) is -1.60. The lowest BCUT2D eigenvalue weighted by molar-refractivity contribution is -0.117. The number of allylic oxidation sites excluding steroid dienone is 2. The van der Waals surface area contributed by atoms with Crippen LogP contribution < -0.4 is 0 Å². The van der Waals surface area contributed by atoms with Crippen LogP contribution in [0.4, 0.5) is 0 Å². The van der Waals surface area contributed by atoms with Crippen LogP contribution in [0.15, 0.2) is 59.8 Å². The molecule has 1 atom stereocenters. The summed E-state index contributed by atoms with van der Waals surface area (Å²) in [6.07, 6.45) is 0. The fourth-order valence-corrected chi connectivity index (χ4v) is 4.24. The SMILES string of the molecule is CC(=O)C(C1=C(N2CCOCC2)C(=O)c2ccccc2C1=O)c1cccc(Cl)c1. The lowest BCUT2D eigenvalue weighted by Crippen LogP contribution is -2.42. The maximum atomic E-state index is 13.6. The smallest absolute Gasteiger partial charge is 0.210 e. The molecule has 0 saturated carbocycles. The number of fused-ring (bicyclic) bond motifs is 1. The lowest BCUT2D eigenvalue weighted by atomic mass is 9.77. The molecule has 1 saturated heterocycles. The van der Waals surface area contributed by atoms with Gasteiger partial charge in [-0.3, -0.25) is 14.4 Å². The molecule has 0 aromatic heterocycles. The van der Waals surface area contributed by atoms with Gasteiger partial charge in [-0.1, -0.05) is 48.0 Å². The maximum Gasteiger partial charge on any atom is 0.210 e. The first-order valence-electron chi connectivity index (χ1n) is 9.50. The predicted octanol–water partition coefficient (Wildman–Crippen LogP) is 3.68. The first-order chi connectivity index (χ1) is 14.0. The number of halogens is 1. The number of nitrogens with zero attached hydrogens (tertiary/aromatic N) is 1. The summed E-state index contributed by atoms with van der Waals surface area (Å²) in [4.78, 5) is 41.7. The van der Waals surface area contributed by atoms with Crippen molar-refractivity contribution in [3.8, 4) is 0 Å². The van der Waals surface area contributed by atoms with E-state index in [1.54, 1.807) is 48.5 Å². The molecule has 1 fully saturated rings. The average Bonchev–Trinajstić information content (AvgIpc) is 2.72. The number of carbonyl (C=O) groups is 3. The van der Waals surface area contributed by atoms with Gasteiger partial charge in [0.25, 0.3) is 0 Å². The van der Waals surface area contributed by atoms with Gasteiger partial charge < -0.3 is 9.64 Å². The van der Waals surface area contributed by atoms with Gasteiger partial charge in [-0.15, -0.1) is 0 Å². The molecular weight excluding hydrogens is 390 g/mol. The van der Waals surface area contributed by atoms with Crippen molar-refractivity contribution in [1.82, 2.24) is 4.90 Å². The Morgan fingerprint density at radius 2 is 1.66 bits per heavy atom. The third-order valence-corrected chi connectivity index (χ3v) is 5.57. The van der Waals surface area contributed by atoms with E-state index in [1.165, 1.54) is 6.92 Å². The number of carbonyl (C=O) groups excluding carboxylic acids is 3. The Bertz CT molecular complexity index is 1040. The summed E-state index contributed by atoms with van der Waals surface area (Å²) in [6.45, 7) is 3.33. The van der Waals surface area contributed by atoms with Crippen molar-refractivity contribution in [2.45, 2.75) is 12.8 Å². The Balaban J connectivity index is 1.96. The van der Waals surface area contributed by atoms with Gasteiger partial charge in [-0.2, -0.15) is 0 Å². The summed E-state index contributed by atoms with van der Waals surface area (Å²) in [6, 6.07) is 13.7. The highest BCUT2D eigenvalue weighted by molar-refractivity contribution is 6.31. The Morgan fingerprint density at radius 3 is 2.28 bits per heavy atom. The molecule has 1 unspecified atom stereocenters. The van der Waals surface area contributed by atoms with Crippen molar-refractivity contribution in [3.05, 3.63) is 81.5 Å². The Hall–Kier alpha value is -2.76. The zero-order valence-electron chi connectivity index (χ0n) is 16.0. The van der Waals surface area contributed by atoms with Crippen molar-refractivity contribution < 1.29 is 19.1 Å². The molecule has 0 N–H and O–H groups in total. The van der Waals surface area contributed by atoms with Crippen molar-refractivity contribution in [2.75, 3.05) is 26.3 Å². The van der Waals surface area contributed by atoms with Crippen LogP contribution in [0, 0.1) is 0 Å². The molecule has 0 radical (unpaired) electrons. The standard InChI is InChI=1S/C23H20ClNO4/c1-14(26)19(15-5-4-6-16(24)13-15)20-21(25-9-11-29-12-10-25)23(28)18-8-3-2-7-17(18)22(20)27/h2-8,13,19H,9-12H2,1H3. The van der Waals surface area contributed by atoms with Gasteiger partial charge in [0, 0.05) is 34.8 Å². The number of Topliss-reactive ketones (excluding diaryl/α,β-unsaturated/α-hetero) is 3. The zero-order valence-corrected chi connectivity index (χ0v) is 16.7. The second-order valence-corrected chi connectivity index (χ2v) is 7.60. The van der Waals surface area contributed by atoms with E-state index in [4.69, 9.17) is 16.3 Å². The molecule has 148 valence electrons. The van der Waals surface area contributed by atoms with Gasteiger partial charge in [0.05, 0.1) is 24.8 Å². The summed E-state index contributed by atoms with van der Waals surface area (Å²) < 4.78 is 5.42. The first-order valence-corrected chi connectivity index (χ1v) is 9.88. The van der Waals surface area contributed by atoms with E-state index in [0.29, 0.717) is 53.7 Å². The van der Waals surface area contributed by atoms with Gasteiger partial charge in [0.1, 0.15) is 5.78 Å². The van der Waals surface area contributed by atoms with Crippen LogP contribution in [0.25, 0.3) is 0 Å². The van der Waals surface area contributed by atoms with Gasteiger partial charge in [0.2, 0.25) is 5.78 Å². The number of benzene rings is 2. The van der Waals surface area contributed by atoms with Gasteiger partial charge >= 0.3 is 0 Å². The van der Waals surface area contributed by atoms with Crippen molar-refractivity contribution in [2.24, 2.45) is 0 Å². The number of hydrogen-bond acceptors (Lipinski definition) is 5. The number of ether oxygens (including phenoxy) is 1. The highest BCUT2D eigenvalue weighted by atomic mass is 35.5. The van der Waals surface area contributed by atoms with Crippen molar-refractivity contribution in [1.29, 1.82) is 0 Å². The third-order valence-electron chi connectivity index (χ3n) is 5.34. The molecule has 6 heteroatoms. The van der Waals surface area contributed by atoms with Crippen LogP contribution in [0.1, 0.15) is 39.1 Å². The number of morpholine rings is 1. The maximum absolute atomic E-state index is 13.6.